The number of benzene rings is 1. The Morgan fingerprint density at radius 1 is 1.44 bits per heavy atom. The fraction of sp³-hybridized carbons (Fsp3) is 0.600. The molecule has 0 aromatic heterocycles. The summed E-state index contributed by atoms with van der Waals surface area (Å²) in [6, 6.07) is 8.86. The van der Waals surface area contributed by atoms with E-state index in [1.807, 2.05) is 13.8 Å². The first-order valence-electron chi connectivity index (χ1n) is 6.66. The van der Waals surface area contributed by atoms with Gasteiger partial charge in [0, 0.05) is 0 Å². The largest absolute Gasteiger partial charge is 0.251 e. The Morgan fingerprint density at radius 2 is 2.11 bits per heavy atom. The second-order valence-electron chi connectivity index (χ2n) is 6.11. The van der Waals surface area contributed by atoms with Crippen molar-refractivity contribution in [2.75, 3.05) is 0 Å². The minimum absolute atomic E-state index is 0.324. The maximum Gasteiger partial charge on any atom is 0.0945 e. The van der Waals surface area contributed by atoms with Crippen LogP contribution in [0.15, 0.2) is 24.3 Å². The third kappa shape index (κ3) is 3.21. The third-order valence-corrected chi connectivity index (χ3v) is 5.13. The molecule has 1 unspecified atom stereocenters. The zero-order valence-corrected chi connectivity index (χ0v) is 12.3. The Bertz CT molecular complexity index is 452. The van der Waals surface area contributed by atoms with Gasteiger partial charge in [-0.05, 0) is 56.1 Å². The van der Waals surface area contributed by atoms with Crippen molar-refractivity contribution in [3.63, 3.8) is 0 Å². The molecule has 0 spiro atoms. The topological polar surface area (TPSA) is 43.1 Å². The lowest BCUT2D eigenvalue weighted by atomic mass is 9.90. The van der Waals surface area contributed by atoms with Gasteiger partial charge in [0.15, 0.2) is 0 Å². The minimum Gasteiger partial charge on any atom is -0.251 e. The van der Waals surface area contributed by atoms with Crippen LogP contribution < -0.4 is 5.14 Å². The molecule has 100 valence electrons. The monoisotopic (exact) mass is 265 g/mol. The van der Waals surface area contributed by atoms with Crippen molar-refractivity contribution in [1.29, 1.82) is 0 Å². The predicted molar refractivity (Wildman–Crippen MR) is 77.9 cm³/mol. The number of hydrogen-bond donors (Lipinski definition) is 1. The van der Waals surface area contributed by atoms with E-state index in [2.05, 4.69) is 31.2 Å². The van der Waals surface area contributed by atoms with Crippen LogP contribution in [0.4, 0.5) is 0 Å². The Labute approximate surface area is 113 Å². The van der Waals surface area contributed by atoms with Gasteiger partial charge in [-0.3, -0.25) is 5.14 Å². The molecule has 0 amide bonds. The highest BCUT2D eigenvalue weighted by atomic mass is 32.2. The van der Waals surface area contributed by atoms with Gasteiger partial charge in [0.2, 0.25) is 0 Å². The fourth-order valence-electron chi connectivity index (χ4n) is 2.47. The zero-order valence-electron chi connectivity index (χ0n) is 11.5. The van der Waals surface area contributed by atoms with E-state index in [0.717, 1.165) is 12.3 Å². The molecular formula is C15H23NOS. The van der Waals surface area contributed by atoms with Crippen LogP contribution in [0.1, 0.15) is 63.0 Å². The van der Waals surface area contributed by atoms with Gasteiger partial charge < -0.3 is 0 Å². The van der Waals surface area contributed by atoms with E-state index in [9.17, 15) is 4.21 Å². The molecule has 1 fully saturated rings. The fourth-order valence-corrected chi connectivity index (χ4v) is 2.89. The summed E-state index contributed by atoms with van der Waals surface area (Å²) in [5.41, 5.74) is 2.81. The molecule has 2 atom stereocenters. The van der Waals surface area contributed by atoms with Gasteiger partial charge in [-0.1, -0.05) is 31.2 Å². The molecule has 18 heavy (non-hydrogen) atoms. The van der Waals surface area contributed by atoms with Crippen LogP contribution in [-0.4, -0.2) is 8.96 Å². The van der Waals surface area contributed by atoms with Crippen LogP contribution in [0.2, 0.25) is 0 Å². The lowest BCUT2D eigenvalue weighted by Crippen LogP contribution is -2.33. The van der Waals surface area contributed by atoms with Gasteiger partial charge in [0.25, 0.3) is 0 Å². The molecule has 0 aliphatic heterocycles. The summed E-state index contributed by atoms with van der Waals surface area (Å²) in [7, 11) is -1.27. The molecule has 2 rings (SSSR count). The van der Waals surface area contributed by atoms with Gasteiger partial charge in [-0.15, -0.1) is 0 Å². The van der Waals surface area contributed by atoms with Gasteiger partial charge >= 0.3 is 0 Å². The van der Waals surface area contributed by atoms with Gasteiger partial charge in [0.05, 0.1) is 15.7 Å². The molecule has 0 saturated heterocycles. The second-order valence-corrected chi connectivity index (χ2v) is 7.81. The Balaban J connectivity index is 2.10. The van der Waals surface area contributed by atoms with E-state index in [-0.39, 0.29) is 4.75 Å². The van der Waals surface area contributed by atoms with Crippen molar-refractivity contribution in [3.8, 4) is 0 Å². The Hall–Kier alpha value is -0.670. The molecular weight excluding hydrogens is 242 g/mol. The second kappa shape index (κ2) is 5.14. The first kappa shape index (κ1) is 13.8. The standard InChI is InChI=1S/C15H23NOS/c1-11(10-15(2,3)18(16)17)13-5-4-6-14(9-13)12-7-8-12/h4-6,9,11-12H,7-8,10,16H2,1-3H3/t11-,18?/m0/s1. The zero-order chi connectivity index (χ0) is 13.3. The van der Waals surface area contributed by atoms with Crippen LogP contribution in [0, 0.1) is 0 Å². The molecule has 0 heterocycles. The molecule has 0 radical (unpaired) electrons. The molecule has 0 bridgehead atoms. The lowest BCUT2D eigenvalue weighted by Gasteiger charge is -2.25. The van der Waals surface area contributed by atoms with Gasteiger partial charge in [0.1, 0.15) is 0 Å². The summed E-state index contributed by atoms with van der Waals surface area (Å²) in [5.74, 6) is 1.18. The van der Waals surface area contributed by atoms with Crippen molar-refractivity contribution >= 4 is 11.0 Å². The van der Waals surface area contributed by atoms with Crippen LogP contribution in [0.5, 0.6) is 0 Å². The molecule has 2 N–H and O–H groups in total. The molecule has 1 aromatic carbocycles. The van der Waals surface area contributed by atoms with Crippen molar-refractivity contribution in [1.82, 2.24) is 0 Å². The SMILES string of the molecule is C[C@@H](CC(C)(C)S(N)=O)c1cccc(C2CC2)c1. The summed E-state index contributed by atoms with van der Waals surface area (Å²) in [6.07, 6.45) is 3.51. The molecule has 1 aromatic rings. The maximum absolute atomic E-state index is 11.5. The summed E-state index contributed by atoms with van der Waals surface area (Å²) < 4.78 is 11.2. The van der Waals surface area contributed by atoms with E-state index in [0.29, 0.717) is 5.92 Å². The highest BCUT2D eigenvalue weighted by molar-refractivity contribution is 7.84. The minimum atomic E-state index is -1.27. The highest BCUT2D eigenvalue weighted by Crippen LogP contribution is 2.41. The lowest BCUT2D eigenvalue weighted by molar-refractivity contribution is 0.540. The van der Waals surface area contributed by atoms with Crippen LogP contribution in [0.3, 0.4) is 0 Å². The van der Waals surface area contributed by atoms with Crippen molar-refractivity contribution in [3.05, 3.63) is 35.4 Å². The number of rotatable bonds is 5. The van der Waals surface area contributed by atoms with E-state index in [4.69, 9.17) is 5.14 Å². The summed E-state index contributed by atoms with van der Waals surface area (Å²) in [5, 5.41) is 5.56. The molecule has 2 nitrogen and oxygen atoms in total. The number of hydrogen-bond acceptors (Lipinski definition) is 1. The summed E-state index contributed by atoms with van der Waals surface area (Å²) in [4.78, 5) is 0. The van der Waals surface area contributed by atoms with Crippen LogP contribution in [0.25, 0.3) is 0 Å². The van der Waals surface area contributed by atoms with Crippen molar-refractivity contribution in [2.24, 2.45) is 5.14 Å². The van der Waals surface area contributed by atoms with E-state index in [1.165, 1.54) is 24.0 Å². The Kier molecular flexibility index (Phi) is 3.93. The van der Waals surface area contributed by atoms with Gasteiger partial charge in [-0.25, -0.2) is 4.21 Å². The smallest absolute Gasteiger partial charge is 0.0945 e. The van der Waals surface area contributed by atoms with Crippen molar-refractivity contribution < 1.29 is 4.21 Å². The van der Waals surface area contributed by atoms with E-state index in [1.54, 1.807) is 0 Å². The molecule has 1 aliphatic carbocycles. The maximum atomic E-state index is 11.5. The predicted octanol–water partition coefficient (Wildman–Crippen LogP) is 3.46. The average molecular weight is 265 g/mol. The average Bonchev–Trinajstić information content (AvgIpc) is 3.12. The molecule has 1 aliphatic rings. The summed E-state index contributed by atoms with van der Waals surface area (Å²) in [6.45, 7) is 6.15. The first-order chi connectivity index (χ1) is 8.40. The Morgan fingerprint density at radius 3 is 2.67 bits per heavy atom. The normalized spacial score (nSPS) is 19.6. The van der Waals surface area contributed by atoms with Gasteiger partial charge in [-0.2, -0.15) is 0 Å². The summed E-state index contributed by atoms with van der Waals surface area (Å²) >= 11 is 0. The quantitative estimate of drug-likeness (QED) is 0.870. The van der Waals surface area contributed by atoms with Crippen LogP contribution in [-0.2, 0) is 11.0 Å². The first-order valence-corrected chi connectivity index (χ1v) is 7.87. The van der Waals surface area contributed by atoms with Crippen molar-refractivity contribution in [2.45, 2.75) is 56.6 Å². The highest BCUT2D eigenvalue weighted by Gasteiger charge is 2.28. The third-order valence-electron chi connectivity index (χ3n) is 3.87. The number of nitrogens with two attached hydrogens (primary N) is 1. The van der Waals surface area contributed by atoms with E-state index < -0.39 is 11.0 Å². The van der Waals surface area contributed by atoms with E-state index >= 15 is 0 Å². The molecule has 1 saturated carbocycles. The molecule has 3 heteroatoms. The van der Waals surface area contributed by atoms with Crippen LogP contribution >= 0.6 is 0 Å².